The molecule has 1 unspecified atom stereocenters. The van der Waals surface area contributed by atoms with Crippen LogP contribution < -0.4 is 5.32 Å². The molecule has 0 bridgehead atoms. The number of nitrogens with one attached hydrogen (secondary N) is 1. The highest BCUT2D eigenvalue weighted by molar-refractivity contribution is 6.30. The molecule has 0 aliphatic rings. The minimum absolute atomic E-state index is 0.0186. The highest BCUT2D eigenvalue weighted by atomic mass is 35.5. The Morgan fingerprint density at radius 1 is 1.67 bits per heavy atom. The molecule has 0 heterocycles. The van der Waals surface area contributed by atoms with Gasteiger partial charge in [-0.1, -0.05) is 23.7 Å². The summed E-state index contributed by atoms with van der Waals surface area (Å²) in [5, 5.41) is 2.93. The van der Waals surface area contributed by atoms with Crippen LogP contribution in [0.2, 0.25) is 5.02 Å². The monoisotopic (exact) mass is 271 g/mol. The molecule has 1 aromatic rings. The number of benzene rings is 1. The predicted molar refractivity (Wildman–Crippen MR) is 69.0 cm³/mol. The SMILES string of the molecule is C=CCNC(C(=O)OCC)c1ccc(Cl)c(F)c1. The molecule has 0 aliphatic carbocycles. The smallest absolute Gasteiger partial charge is 0.327 e. The van der Waals surface area contributed by atoms with Gasteiger partial charge in [0.25, 0.3) is 0 Å². The van der Waals surface area contributed by atoms with Gasteiger partial charge in [-0.2, -0.15) is 0 Å². The molecule has 0 fully saturated rings. The average molecular weight is 272 g/mol. The van der Waals surface area contributed by atoms with E-state index in [1.54, 1.807) is 19.1 Å². The quantitative estimate of drug-likeness (QED) is 0.639. The van der Waals surface area contributed by atoms with Crippen molar-refractivity contribution in [1.82, 2.24) is 5.32 Å². The molecule has 1 aromatic carbocycles. The second-order valence-corrected chi connectivity index (χ2v) is 3.96. The molecule has 98 valence electrons. The Kier molecular flexibility index (Phi) is 5.82. The molecule has 1 N–H and O–H groups in total. The summed E-state index contributed by atoms with van der Waals surface area (Å²) in [5.74, 6) is -1.02. The third-order valence-corrected chi connectivity index (χ3v) is 2.57. The van der Waals surface area contributed by atoms with E-state index in [2.05, 4.69) is 11.9 Å². The average Bonchev–Trinajstić information content (AvgIpc) is 2.34. The maximum Gasteiger partial charge on any atom is 0.327 e. The second kappa shape index (κ2) is 7.13. The van der Waals surface area contributed by atoms with Gasteiger partial charge in [-0.15, -0.1) is 6.58 Å². The summed E-state index contributed by atoms with van der Waals surface area (Å²) in [6, 6.07) is 3.49. The van der Waals surface area contributed by atoms with E-state index in [0.29, 0.717) is 12.1 Å². The minimum Gasteiger partial charge on any atom is -0.465 e. The zero-order chi connectivity index (χ0) is 13.5. The molecule has 0 saturated heterocycles. The van der Waals surface area contributed by atoms with Crippen molar-refractivity contribution in [3.05, 3.63) is 47.3 Å². The van der Waals surface area contributed by atoms with Crippen LogP contribution in [0.3, 0.4) is 0 Å². The van der Waals surface area contributed by atoms with Crippen LogP contribution in [0.25, 0.3) is 0 Å². The van der Waals surface area contributed by atoms with Crippen molar-refractivity contribution in [1.29, 1.82) is 0 Å². The Morgan fingerprint density at radius 2 is 2.39 bits per heavy atom. The fourth-order valence-electron chi connectivity index (χ4n) is 1.46. The first-order valence-electron chi connectivity index (χ1n) is 5.56. The second-order valence-electron chi connectivity index (χ2n) is 3.56. The van der Waals surface area contributed by atoms with E-state index >= 15 is 0 Å². The zero-order valence-corrected chi connectivity index (χ0v) is 10.8. The molecule has 0 aromatic heterocycles. The number of ether oxygens (including phenoxy) is 1. The zero-order valence-electron chi connectivity index (χ0n) is 10.1. The number of carbonyl (C=O) groups is 1. The topological polar surface area (TPSA) is 38.3 Å². The summed E-state index contributed by atoms with van der Waals surface area (Å²) in [4.78, 5) is 11.8. The molecule has 0 spiro atoms. The van der Waals surface area contributed by atoms with Crippen LogP contribution in [-0.4, -0.2) is 19.1 Å². The number of hydrogen-bond acceptors (Lipinski definition) is 3. The Hall–Kier alpha value is -1.39. The van der Waals surface area contributed by atoms with Gasteiger partial charge in [-0.3, -0.25) is 5.32 Å². The lowest BCUT2D eigenvalue weighted by Crippen LogP contribution is -2.30. The van der Waals surface area contributed by atoms with E-state index in [4.69, 9.17) is 16.3 Å². The summed E-state index contributed by atoms with van der Waals surface area (Å²) >= 11 is 5.60. The van der Waals surface area contributed by atoms with Gasteiger partial charge in [-0.25, -0.2) is 9.18 Å². The van der Waals surface area contributed by atoms with Crippen LogP contribution in [-0.2, 0) is 9.53 Å². The highest BCUT2D eigenvalue weighted by Crippen LogP contribution is 2.21. The first-order chi connectivity index (χ1) is 8.60. The van der Waals surface area contributed by atoms with Gasteiger partial charge in [-0.05, 0) is 24.6 Å². The third-order valence-electron chi connectivity index (χ3n) is 2.27. The van der Waals surface area contributed by atoms with Crippen molar-refractivity contribution >= 4 is 17.6 Å². The van der Waals surface area contributed by atoms with Crippen LogP contribution in [0.4, 0.5) is 4.39 Å². The van der Waals surface area contributed by atoms with E-state index < -0.39 is 17.8 Å². The van der Waals surface area contributed by atoms with E-state index in [1.165, 1.54) is 12.1 Å². The predicted octanol–water partition coefficient (Wildman–Crippen LogP) is 2.86. The molecule has 0 radical (unpaired) electrons. The lowest BCUT2D eigenvalue weighted by Gasteiger charge is -2.17. The maximum absolute atomic E-state index is 13.4. The number of rotatable bonds is 6. The molecule has 3 nitrogen and oxygen atoms in total. The first kappa shape index (κ1) is 14.7. The Labute approximate surface area is 111 Å². The van der Waals surface area contributed by atoms with Crippen molar-refractivity contribution in [2.45, 2.75) is 13.0 Å². The van der Waals surface area contributed by atoms with Crippen molar-refractivity contribution in [2.24, 2.45) is 0 Å². The fraction of sp³-hybridized carbons (Fsp3) is 0.308. The normalized spacial score (nSPS) is 11.9. The van der Waals surface area contributed by atoms with E-state index in [-0.39, 0.29) is 11.6 Å². The van der Waals surface area contributed by atoms with Gasteiger partial charge < -0.3 is 4.74 Å². The summed E-state index contributed by atoms with van der Waals surface area (Å²) < 4.78 is 18.3. The first-order valence-corrected chi connectivity index (χ1v) is 5.93. The van der Waals surface area contributed by atoms with E-state index in [9.17, 15) is 9.18 Å². The molecule has 0 amide bonds. The van der Waals surface area contributed by atoms with Gasteiger partial charge in [0.05, 0.1) is 11.6 Å². The van der Waals surface area contributed by atoms with Crippen molar-refractivity contribution < 1.29 is 13.9 Å². The highest BCUT2D eigenvalue weighted by Gasteiger charge is 2.21. The van der Waals surface area contributed by atoms with Crippen molar-refractivity contribution in [2.75, 3.05) is 13.2 Å². The lowest BCUT2D eigenvalue weighted by molar-refractivity contribution is -0.145. The van der Waals surface area contributed by atoms with Crippen LogP contribution in [0.5, 0.6) is 0 Å². The third kappa shape index (κ3) is 3.82. The maximum atomic E-state index is 13.4. The van der Waals surface area contributed by atoms with Crippen LogP contribution in [0.1, 0.15) is 18.5 Å². The largest absolute Gasteiger partial charge is 0.465 e. The summed E-state index contributed by atoms with van der Waals surface area (Å²) in [6.07, 6.45) is 1.61. The Bertz CT molecular complexity index is 437. The van der Waals surface area contributed by atoms with Crippen LogP contribution in [0, 0.1) is 5.82 Å². The fourth-order valence-corrected chi connectivity index (χ4v) is 1.57. The molecule has 1 rings (SSSR count). The van der Waals surface area contributed by atoms with Gasteiger partial charge in [0.1, 0.15) is 11.9 Å². The number of hydrogen-bond donors (Lipinski definition) is 1. The molecular weight excluding hydrogens is 257 g/mol. The molecule has 1 atom stereocenters. The van der Waals surface area contributed by atoms with Gasteiger partial charge in [0, 0.05) is 6.54 Å². The van der Waals surface area contributed by atoms with E-state index in [0.717, 1.165) is 0 Å². The number of esters is 1. The molecule has 0 aliphatic heterocycles. The number of halogens is 2. The summed E-state index contributed by atoms with van der Waals surface area (Å²) in [7, 11) is 0. The Balaban J connectivity index is 2.96. The molecular formula is C13H15ClFNO2. The standard InChI is InChI=1S/C13H15ClFNO2/c1-3-7-16-12(13(17)18-4-2)9-5-6-10(14)11(15)8-9/h3,5-6,8,12,16H,1,4,7H2,2H3. The minimum atomic E-state index is -0.727. The molecule has 18 heavy (non-hydrogen) atoms. The van der Waals surface area contributed by atoms with Crippen molar-refractivity contribution in [3.63, 3.8) is 0 Å². The summed E-state index contributed by atoms with van der Waals surface area (Å²) in [6.45, 7) is 5.94. The Morgan fingerprint density at radius 3 is 2.94 bits per heavy atom. The van der Waals surface area contributed by atoms with Crippen LogP contribution in [0.15, 0.2) is 30.9 Å². The molecule has 0 saturated carbocycles. The van der Waals surface area contributed by atoms with Crippen molar-refractivity contribution in [3.8, 4) is 0 Å². The lowest BCUT2D eigenvalue weighted by atomic mass is 10.1. The van der Waals surface area contributed by atoms with Gasteiger partial charge in [0.2, 0.25) is 0 Å². The van der Waals surface area contributed by atoms with Crippen LogP contribution >= 0.6 is 11.6 Å². The summed E-state index contributed by atoms with van der Waals surface area (Å²) in [5.41, 5.74) is 0.470. The number of carbonyl (C=O) groups excluding carboxylic acids is 1. The van der Waals surface area contributed by atoms with Gasteiger partial charge >= 0.3 is 5.97 Å². The van der Waals surface area contributed by atoms with E-state index in [1.807, 2.05) is 0 Å². The molecule has 5 heteroatoms. The van der Waals surface area contributed by atoms with Gasteiger partial charge in [0.15, 0.2) is 0 Å².